The molecule has 6 heteroatoms. The highest BCUT2D eigenvalue weighted by Gasteiger charge is 2.14. The van der Waals surface area contributed by atoms with Crippen LogP contribution >= 0.6 is 0 Å². The van der Waals surface area contributed by atoms with Gasteiger partial charge in [0.2, 0.25) is 15.9 Å². The number of benzene rings is 1. The molecular weight excluding hydrogens is 264 g/mol. The van der Waals surface area contributed by atoms with Crippen LogP contribution in [0.15, 0.2) is 35.2 Å². The Morgan fingerprint density at radius 3 is 2.37 bits per heavy atom. The lowest BCUT2D eigenvalue weighted by atomic mass is 10.4. The quantitative estimate of drug-likeness (QED) is 0.819. The van der Waals surface area contributed by atoms with Gasteiger partial charge < -0.3 is 4.90 Å². The molecule has 19 heavy (non-hydrogen) atoms. The number of amides is 1. The van der Waals surface area contributed by atoms with Crippen molar-refractivity contribution in [3.63, 3.8) is 0 Å². The minimum absolute atomic E-state index is 0.0410. The van der Waals surface area contributed by atoms with Gasteiger partial charge in [-0.2, -0.15) is 0 Å². The highest BCUT2D eigenvalue weighted by Crippen LogP contribution is 2.06. The van der Waals surface area contributed by atoms with Gasteiger partial charge in [-0.3, -0.25) is 4.79 Å². The molecule has 0 unspecified atom stereocenters. The molecule has 0 aromatic heterocycles. The van der Waals surface area contributed by atoms with Crippen LogP contribution in [0.2, 0.25) is 0 Å². The molecule has 106 valence electrons. The van der Waals surface area contributed by atoms with Crippen LogP contribution < -0.4 is 4.72 Å². The molecule has 0 heterocycles. The summed E-state index contributed by atoms with van der Waals surface area (Å²) in [6, 6.07) is 8.19. The van der Waals surface area contributed by atoms with E-state index >= 15 is 0 Å². The van der Waals surface area contributed by atoms with Gasteiger partial charge in [-0.05, 0) is 18.6 Å². The Bertz CT molecular complexity index is 500. The summed E-state index contributed by atoms with van der Waals surface area (Å²) in [5.74, 6) is -0.0410. The zero-order chi connectivity index (χ0) is 14.3. The summed E-state index contributed by atoms with van der Waals surface area (Å²) < 4.78 is 26.4. The smallest absolute Gasteiger partial charge is 0.240 e. The van der Waals surface area contributed by atoms with E-state index < -0.39 is 10.0 Å². The molecule has 1 N–H and O–H groups in total. The van der Waals surface area contributed by atoms with E-state index in [0.717, 1.165) is 6.42 Å². The molecule has 0 bridgehead atoms. The van der Waals surface area contributed by atoms with E-state index in [9.17, 15) is 13.2 Å². The molecule has 1 rings (SSSR count). The molecule has 1 amide bonds. The van der Waals surface area contributed by atoms with Gasteiger partial charge in [0.05, 0.1) is 4.90 Å². The van der Waals surface area contributed by atoms with Crippen LogP contribution in [0.1, 0.15) is 20.3 Å². The number of carbonyl (C=O) groups excluding carboxylic acids is 1. The van der Waals surface area contributed by atoms with E-state index in [-0.39, 0.29) is 17.3 Å². The van der Waals surface area contributed by atoms with E-state index in [1.807, 2.05) is 6.92 Å². The van der Waals surface area contributed by atoms with Crippen LogP contribution in [-0.2, 0) is 14.8 Å². The van der Waals surface area contributed by atoms with Crippen molar-refractivity contribution in [3.05, 3.63) is 30.3 Å². The van der Waals surface area contributed by atoms with Crippen molar-refractivity contribution in [2.24, 2.45) is 0 Å². The average molecular weight is 284 g/mol. The predicted octanol–water partition coefficient (Wildman–Crippen LogP) is 1.22. The Morgan fingerprint density at radius 2 is 1.84 bits per heavy atom. The summed E-state index contributed by atoms with van der Waals surface area (Å²) in [5.41, 5.74) is 0. The first-order chi connectivity index (χ1) is 8.97. The van der Waals surface area contributed by atoms with Crippen LogP contribution in [-0.4, -0.2) is 38.9 Å². The molecule has 0 saturated carbocycles. The van der Waals surface area contributed by atoms with Crippen LogP contribution in [0.25, 0.3) is 0 Å². The van der Waals surface area contributed by atoms with E-state index in [1.54, 1.807) is 23.1 Å². The minimum Gasteiger partial charge on any atom is -0.342 e. The van der Waals surface area contributed by atoms with Gasteiger partial charge in [0.25, 0.3) is 0 Å². The molecule has 1 aromatic carbocycles. The number of nitrogens with one attached hydrogen (secondary N) is 1. The van der Waals surface area contributed by atoms with E-state index in [4.69, 9.17) is 0 Å². The van der Waals surface area contributed by atoms with Crippen molar-refractivity contribution >= 4 is 15.9 Å². The summed E-state index contributed by atoms with van der Waals surface area (Å²) in [7, 11) is -3.48. The third-order valence-electron chi connectivity index (χ3n) is 2.67. The maximum Gasteiger partial charge on any atom is 0.240 e. The van der Waals surface area contributed by atoms with Crippen LogP contribution in [0.4, 0.5) is 0 Å². The van der Waals surface area contributed by atoms with E-state index in [2.05, 4.69) is 4.72 Å². The third kappa shape index (κ3) is 5.00. The normalized spacial score (nSPS) is 11.3. The topological polar surface area (TPSA) is 66.5 Å². The number of hydrogen-bond acceptors (Lipinski definition) is 3. The number of sulfonamides is 1. The van der Waals surface area contributed by atoms with Crippen molar-refractivity contribution in [1.29, 1.82) is 0 Å². The summed E-state index contributed by atoms with van der Waals surface area (Å²) >= 11 is 0. The van der Waals surface area contributed by atoms with Crippen molar-refractivity contribution in [3.8, 4) is 0 Å². The Balaban J connectivity index is 2.55. The van der Waals surface area contributed by atoms with E-state index in [0.29, 0.717) is 13.1 Å². The minimum atomic E-state index is -3.48. The van der Waals surface area contributed by atoms with Crippen LogP contribution in [0.3, 0.4) is 0 Å². The fraction of sp³-hybridized carbons (Fsp3) is 0.462. The highest BCUT2D eigenvalue weighted by molar-refractivity contribution is 7.89. The molecule has 5 nitrogen and oxygen atoms in total. The molecule has 0 aliphatic carbocycles. The monoisotopic (exact) mass is 284 g/mol. The summed E-state index contributed by atoms with van der Waals surface area (Å²) in [6.45, 7) is 4.71. The summed E-state index contributed by atoms with van der Waals surface area (Å²) in [5, 5.41) is 0. The average Bonchev–Trinajstić information content (AvgIpc) is 2.38. The molecular formula is C13H20N2O3S. The number of carbonyl (C=O) groups is 1. The molecule has 0 atom stereocenters. The fourth-order valence-electron chi connectivity index (χ4n) is 1.69. The Hall–Kier alpha value is -1.40. The zero-order valence-corrected chi connectivity index (χ0v) is 12.1. The SMILES string of the molecule is CCCN(CCNS(=O)(=O)c1ccccc1)C(C)=O. The molecule has 0 aliphatic heterocycles. The first-order valence-corrected chi connectivity index (χ1v) is 7.76. The maximum absolute atomic E-state index is 11.9. The lowest BCUT2D eigenvalue weighted by Crippen LogP contribution is -2.37. The first kappa shape index (κ1) is 15.7. The Morgan fingerprint density at radius 1 is 1.21 bits per heavy atom. The highest BCUT2D eigenvalue weighted by atomic mass is 32.2. The molecule has 0 spiro atoms. The Labute approximate surface area is 114 Å². The predicted molar refractivity (Wildman–Crippen MR) is 74.2 cm³/mol. The van der Waals surface area contributed by atoms with Gasteiger partial charge in [-0.25, -0.2) is 13.1 Å². The second kappa shape index (κ2) is 7.25. The molecule has 0 radical (unpaired) electrons. The van der Waals surface area contributed by atoms with Gasteiger partial charge in [-0.15, -0.1) is 0 Å². The lowest BCUT2D eigenvalue weighted by Gasteiger charge is -2.20. The zero-order valence-electron chi connectivity index (χ0n) is 11.3. The second-order valence-electron chi connectivity index (χ2n) is 4.22. The van der Waals surface area contributed by atoms with Gasteiger partial charge in [0.1, 0.15) is 0 Å². The molecule has 0 saturated heterocycles. The third-order valence-corrected chi connectivity index (χ3v) is 4.14. The molecule has 0 aliphatic rings. The van der Waals surface area contributed by atoms with Crippen molar-refractivity contribution in [2.75, 3.05) is 19.6 Å². The van der Waals surface area contributed by atoms with Crippen LogP contribution in [0.5, 0.6) is 0 Å². The first-order valence-electron chi connectivity index (χ1n) is 6.27. The standard InChI is InChI=1S/C13H20N2O3S/c1-3-10-15(12(2)16)11-9-14-19(17,18)13-7-5-4-6-8-13/h4-8,14H,3,9-11H2,1-2H3. The van der Waals surface area contributed by atoms with Gasteiger partial charge in [-0.1, -0.05) is 25.1 Å². The van der Waals surface area contributed by atoms with Crippen molar-refractivity contribution in [2.45, 2.75) is 25.2 Å². The maximum atomic E-state index is 11.9. The summed E-state index contributed by atoms with van der Waals surface area (Å²) in [4.78, 5) is 13.2. The Kier molecular flexibility index (Phi) is 5.98. The van der Waals surface area contributed by atoms with Gasteiger partial charge in [0.15, 0.2) is 0 Å². The number of rotatable bonds is 7. The molecule has 0 fully saturated rings. The van der Waals surface area contributed by atoms with Crippen molar-refractivity contribution < 1.29 is 13.2 Å². The van der Waals surface area contributed by atoms with Crippen molar-refractivity contribution in [1.82, 2.24) is 9.62 Å². The number of nitrogens with zero attached hydrogens (tertiary/aromatic N) is 1. The fourth-order valence-corrected chi connectivity index (χ4v) is 2.74. The van der Waals surface area contributed by atoms with Gasteiger partial charge >= 0.3 is 0 Å². The van der Waals surface area contributed by atoms with Crippen LogP contribution in [0, 0.1) is 0 Å². The second-order valence-corrected chi connectivity index (χ2v) is 5.98. The number of hydrogen-bond donors (Lipinski definition) is 1. The lowest BCUT2D eigenvalue weighted by molar-refractivity contribution is -0.128. The summed E-state index contributed by atoms with van der Waals surface area (Å²) in [6.07, 6.45) is 0.852. The molecule has 1 aromatic rings. The van der Waals surface area contributed by atoms with E-state index in [1.165, 1.54) is 19.1 Å². The van der Waals surface area contributed by atoms with Gasteiger partial charge in [0, 0.05) is 26.6 Å². The largest absolute Gasteiger partial charge is 0.342 e.